The molecule has 1 N–H and O–H groups in total. The molecule has 0 spiro atoms. The van der Waals surface area contributed by atoms with E-state index < -0.39 is 0 Å². The van der Waals surface area contributed by atoms with Gasteiger partial charge >= 0.3 is 0 Å². The number of aryl methyl sites for hydroxylation is 1. The fraction of sp³-hybridized carbons (Fsp3) is 0.300. The molecule has 0 radical (unpaired) electrons. The van der Waals surface area contributed by atoms with Crippen LogP contribution in [0, 0.1) is 13.8 Å². The smallest absolute Gasteiger partial charge is 0.255 e. The Morgan fingerprint density at radius 2 is 1.81 bits per heavy atom. The number of benzene rings is 1. The molecule has 0 bridgehead atoms. The van der Waals surface area contributed by atoms with Gasteiger partial charge in [-0.15, -0.1) is 0 Å². The third kappa shape index (κ3) is 4.49. The Hall–Kier alpha value is -3.22. The van der Waals surface area contributed by atoms with Gasteiger partial charge in [0, 0.05) is 11.3 Å². The van der Waals surface area contributed by atoms with Crippen molar-refractivity contribution in [1.82, 2.24) is 19.5 Å². The van der Waals surface area contributed by atoms with Gasteiger partial charge in [0.15, 0.2) is 0 Å². The highest BCUT2D eigenvalue weighted by molar-refractivity contribution is 6.04. The van der Waals surface area contributed by atoms with Gasteiger partial charge in [-0.25, -0.2) is 15.0 Å². The number of imidazole rings is 1. The maximum atomic E-state index is 12.4. The fourth-order valence-electron chi connectivity index (χ4n) is 2.45. The Balaban J connectivity index is 1.63. The highest BCUT2D eigenvalue weighted by Crippen LogP contribution is 2.15. The van der Waals surface area contributed by atoms with Crippen molar-refractivity contribution in [1.29, 1.82) is 0 Å². The summed E-state index contributed by atoms with van der Waals surface area (Å²) in [6, 6.07) is 7.08. The summed E-state index contributed by atoms with van der Waals surface area (Å²) in [6.07, 6.45) is 6.94. The molecule has 0 aliphatic carbocycles. The van der Waals surface area contributed by atoms with Crippen molar-refractivity contribution in [2.75, 3.05) is 11.9 Å². The van der Waals surface area contributed by atoms with E-state index in [9.17, 15) is 4.79 Å². The molecule has 140 valence electrons. The molecule has 2 aromatic heterocycles. The van der Waals surface area contributed by atoms with Crippen LogP contribution in [0.2, 0.25) is 0 Å². The maximum Gasteiger partial charge on any atom is 0.255 e. The van der Waals surface area contributed by atoms with Gasteiger partial charge in [-0.3, -0.25) is 9.36 Å². The summed E-state index contributed by atoms with van der Waals surface area (Å²) < 4.78 is 7.41. The highest BCUT2D eigenvalue weighted by atomic mass is 16.5. The van der Waals surface area contributed by atoms with E-state index in [1.54, 1.807) is 47.6 Å². The number of anilines is 1. The zero-order chi connectivity index (χ0) is 19.2. The topological polar surface area (TPSA) is 81.9 Å². The lowest BCUT2D eigenvalue weighted by atomic mass is 10.2. The third-order valence-electron chi connectivity index (χ3n) is 4.25. The molecule has 3 aromatic rings. The second-order valence-electron chi connectivity index (χ2n) is 6.24. The number of unbranched alkanes of at least 4 members (excludes halogenated alkanes) is 1. The predicted molar refractivity (Wildman–Crippen MR) is 103 cm³/mol. The molecule has 0 atom stereocenters. The van der Waals surface area contributed by atoms with Crippen LogP contribution in [0.25, 0.3) is 5.95 Å². The number of hydrogen-bond acceptors (Lipinski definition) is 5. The van der Waals surface area contributed by atoms with Gasteiger partial charge in [0.2, 0.25) is 5.95 Å². The molecular weight excluding hydrogens is 342 g/mol. The number of hydrogen-bond donors (Lipinski definition) is 1. The normalized spacial score (nSPS) is 10.6. The van der Waals surface area contributed by atoms with Crippen LogP contribution in [0.4, 0.5) is 5.69 Å². The summed E-state index contributed by atoms with van der Waals surface area (Å²) in [4.78, 5) is 25.2. The predicted octanol–water partition coefficient (Wildman–Crippen LogP) is 3.71. The highest BCUT2D eigenvalue weighted by Gasteiger charge is 2.09. The van der Waals surface area contributed by atoms with Gasteiger partial charge in [-0.2, -0.15) is 0 Å². The van der Waals surface area contributed by atoms with Gasteiger partial charge in [0.05, 0.1) is 30.4 Å². The first kappa shape index (κ1) is 18.6. The van der Waals surface area contributed by atoms with Crippen LogP contribution in [-0.2, 0) is 0 Å². The Kier molecular flexibility index (Phi) is 5.80. The molecular formula is C20H23N5O2. The van der Waals surface area contributed by atoms with Crippen LogP contribution in [0.1, 0.15) is 41.5 Å². The fourth-order valence-corrected chi connectivity index (χ4v) is 2.45. The van der Waals surface area contributed by atoms with E-state index >= 15 is 0 Å². The van der Waals surface area contributed by atoms with Crippen molar-refractivity contribution in [3.05, 3.63) is 59.9 Å². The molecule has 27 heavy (non-hydrogen) atoms. The van der Waals surface area contributed by atoms with E-state index in [1.165, 1.54) is 0 Å². The molecule has 1 aromatic carbocycles. The molecule has 1 amide bonds. The van der Waals surface area contributed by atoms with Gasteiger partial charge in [-0.05, 0) is 44.5 Å². The molecule has 0 aliphatic heterocycles. The van der Waals surface area contributed by atoms with E-state index in [4.69, 9.17) is 4.74 Å². The van der Waals surface area contributed by atoms with Crippen LogP contribution in [0.15, 0.2) is 43.0 Å². The zero-order valence-corrected chi connectivity index (χ0v) is 15.8. The quantitative estimate of drug-likeness (QED) is 0.646. The Morgan fingerprint density at radius 1 is 1.11 bits per heavy atom. The lowest BCUT2D eigenvalue weighted by molar-refractivity contribution is 0.102. The number of nitrogens with zero attached hydrogens (tertiary/aromatic N) is 4. The molecule has 7 nitrogen and oxygen atoms in total. The summed E-state index contributed by atoms with van der Waals surface area (Å²) in [7, 11) is 0. The third-order valence-corrected chi connectivity index (χ3v) is 4.25. The molecule has 0 fully saturated rings. The minimum Gasteiger partial charge on any atom is -0.494 e. The van der Waals surface area contributed by atoms with Crippen LogP contribution in [0.3, 0.4) is 0 Å². The van der Waals surface area contributed by atoms with Crippen molar-refractivity contribution in [2.45, 2.75) is 33.6 Å². The van der Waals surface area contributed by atoms with E-state index in [0.717, 1.165) is 30.0 Å². The first-order valence-electron chi connectivity index (χ1n) is 8.95. The van der Waals surface area contributed by atoms with Crippen molar-refractivity contribution in [3.8, 4) is 11.7 Å². The molecule has 3 rings (SSSR count). The van der Waals surface area contributed by atoms with E-state index in [-0.39, 0.29) is 5.91 Å². The molecule has 0 unspecified atom stereocenters. The summed E-state index contributed by atoms with van der Waals surface area (Å²) in [5.74, 6) is 1.06. The number of aromatic nitrogens is 4. The summed E-state index contributed by atoms with van der Waals surface area (Å²) >= 11 is 0. The van der Waals surface area contributed by atoms with Crippen LogP contribution >= 0.6 is 0 Å². The molecule has 7 heteroatoms. The van der Waals surface area contributed by atoms with Gasteiger partial charge in [-0.1, -0.05) is 13.3 Å². The van der Waals surface area contributed by atoms with Crippen molar-refractivity contribution < 1.29 is 9.53 Å². The Bertz CT molecular complexity index is 901. The monoisotopic (exact) mass is 365 g/mol. The van der Waals surface area contributed by atoms with Crippen molar-refractivity contribution >= 4 is 11.6 Å². The average molecular weight is 365 g/mol. The standard InChI is InChI=1S/C20H23N5O2/c1-4-5-10-27-18-8-6-16(7-9-18)19(26)24-17-11-21-20(22-12-17)25-13-23-14(2)15(25)3/h6-9,11-13H,4-5,10H2,1-3H3,(H,24,26). The van der Waals surface area contributed by atoms with Gasteiger partial charge in [0.1, 0.15) is 12.1 Å². The van der Waals surface area contributed by atoms with Crippen molar-refractivity contribution in [2.24, 2.45) is 0 Å². The number of carbonyl (C=O) groups is 1. The lowest BCUT2D eigenvalue weighted by Gasteiger charge is -2.08. The summed E-state index contributed by atoms with van der Waals surface area (Å²) in [5.41, 5.74) is 2.98. The molecule has 0 saturated heterocycles. The van der Waals surface area contributed by atoms with Crippen LogP contribution < -0.4 is 10.1 Å². The average Bonchev–Trinajstić information content (AvgIpc) is 3.02. The minimum absolute atomic E-state index is 0.221. The number of nitrogens with one attached hydrogen (secondary N) is 1. The summed E-state index contributed by atoms with van der Waals surface area (Å²) in [5, 5.41) is 2.80. The minimum atomic E-state index is -0.221. The number of ether oxygens (including phenoxy) is 1. The first-order chi connectivity index (χ1) is 13.1. The zero-order valence-electron chi connectivity index (χ0n) is 15.8. The second kappa shape index (κ2) is 8.44. The lowest BCUT2D eigenvalue weighted by Crippen LogP contribution is -2.13. The van der Waals surface area contributed by atoms with E-state index in [1.807, 2.05) is 13.8 Å². The molecule has 0 saturated carbocycles. The largest absolute Gasteiger partial charge is 0.494 e. The SMILES string of the molecule is CCCCOc1ccc(C(=O)Nc2cnc(-n3cnc(C)c3C)nc2)cc1. The molecule has 2 heterocycles. The van der Waals surface area contributed by atoms with Gasteiger partial charge in [0.25, 0.3) is 5.91 Å². The van der Waals surface area contributed by atoms with Gasteiger partial charge < -0.3 is 10.1 Å². The number of carbonyl (C=O) groups excluding carboxylic acids is 1. The molecule has 0 aliphatic rings. The maximum absolute atomic E-state index is 12.4. The summed E-state index contributed by atoms with van der Waals surface area (Å²) in [6.45, 7) is 6.68. The van der Waals surface area contributed by atoms with Crippen LogP contribution in [0.5, 0.6) is 5.75 Å². The Morgan fingerprint density at radius 3 is 2.41 bits per heavy atom. The Labute approximate surface area is 158 Å². The second-order valence-corrected chi connectivity index (χ2v) is 6.24. The van der Waals surface area contributed by atoms with Crippen LogP contribution in [-0.4, -0.2) is 32.0 Å². The van der Waals surface area contributed by atoms with E-state index in [0.29, 0.717) is 23.8 Å². The van der Waals surface area contributed by atoms with Crippen molar-refractivity contribution in [3.63, 3.8) is 0 Å². The first-order valence-corrected chi connectivity index (χ1v) is 8.95. The number of amides is 1. The number of rotatable bonds is 7. The van der Waals surface area contributed by atoms with E-state index in [2.05, 4.69) is 27.2 Å².